The number of benzene rings is 1. The molecule has 0 radical (unpaired) electrons. The largest absolute Gasteiger partial charge is 0.397 e. The highest BCUT2D eigenvalue weighted by Crippen LogP contribution is 2.22. The van der Waals surface area contributed by atoms with Gasteiger partial charge in [0.15, 0.2) is 0 Å². The number of hydrogen-bond acceptors (Lipinski definition) is 3. The van der Waals surface area contributed by atoms with Crippen LogP contribution in [0.1, 0.15) is 31.7 Å². The van der Waals surface area contributed by atoms with E-state index in [9.17, 15) is 0 Å². The summed E-state index contributed by atoms with van der Waals surface area (Å²) < 4.78 is 5.50. The average Bonchev–Trinajstić information content (AvgIpc) is 2.31. The first-order valence-corrected chi connectivity index (χ1v) is 6.42. The Morgan fingerprint density at radius 3 is 2.71 bits per heavy atom. The zero-order valence-corrected chi connectivity index (χ0v) is 11.0. The number of rotatable bonds is 8. The molecule has 0 aliphatic heterocycles. The van der Waals surface area contributed by atoms with Crippen LogP contribution in [0.25, 0.3) is 0 Å². The molecule has 1 aromatic carbocycles. The number of para-hydroxylation sites is 1. The van der Waals surface area contributed by atoms with E-state index >= 15 is 0 Å². The number of aryl methyl sites for hydroxylation is 1. The van der Waals surface area contributed by atoms with Gasteiger partial charge in [0.1, 0.15) is 0 Å². The van der Waals surface area contributed by atoms with Crippen LogP contribution in [-0.2, 0) is 4.74 Å². The highest BCUT2D eigenvalue weighted by molar-refractivity contribution is 5.69. The normalized spacial score (nSPS) is 10.5. The number of ether oxygens (including phenoxy) is 1. The van der Waals surface area contributed by atoms with Gasteiger partial charge in [-0.15, -0.1) is 0 Å². The standard InChI is InChI=1S/C14H24N2O/c1-3-4-10-17-11-6-9-16-14-12(2)7-5-8-13(14)15/h5,7-8,16H,3-4,6,9-11,15H2,1-2H3. The van der Waals surface area contributed by atoms with Gasteiger partial charge in [0.05, 0.1) is 11.4 Å². The molecule has 0 fully saturated rings. The molecule has 3 heteroatoms. The molecule has 0 aliphatic rings. The molecule has 0 spiro atoms. The summed E-state index contributed by atoms with van der Waals surface area (Å²) in [4.78, 5) is 0. The predicted octanol–water partition coefficient (Wildman–Crippen LogP) is 3.20. The third-order valence-corrected chi connectivity index (χ3v) is 2.71. The minimum atomic E-state index is 0.817. The molecule has 17 heavy (non-hydrogen) atoms. The molecule has 0 unspecified atom stereocenters. The van der Waals surface area contributed by atoms with Gasteiger partial charge in [0.2, 0.25) is 0 Å². The summed E-state index contributed by atoms with van der Waals surface area (Å²) in [6.07, 6.45) is 3.35. The van der Waals surface area contributed by atoms with Crippen molar-refractivity contribution in [1.29, 1.82) is 0 Å². The van der Waals surface area contributed by atoms with E-state index in [1.807, 2.05) is 12.1 Å². The SMILES string of the molecule is CCCCOCCCNc1c(C)cccc1N. The molecule has 96 valence electrons. The number of hydrogen-bond donors (Lipinski definition) is 2. The highest BCUT2D eigenvalue weighted by Gasteiger charge is 2.00. The summed E-state index contributed by atoms with van der Waals surface area (Å²) in [5, 5.41) is 3.37. The third kappa shape index (κ3) is 5.09. The molecule has 0 amide bonds. The van der Waals surface area contributed by atoms with Gasteiger partial charge in [-0.25, -0.2) is 0 Å². The van der Waals surface area contributed by atoms with Crippen LogP contribution in [-0.4, -0.2) is 19.8 Å². The van der Waals surface area contributed by atoms with Crippen molar-refractivity contribution in [2.75, 3.05) is 30.8 Å². The van der Waals surface area contributed by atoms with Crippen molar-refractivity contribution in [3.8, 4) is 0 Å². The molecule has 0 saturated heterocycles. The lowest BCUT2D eigenvalue weighted by molar-refractivity contribution is 0.131. The first-order valence-electron chi connectivity index (χ1n) is 6.42. The van der Waals surface area contributed by atoms with Crippen molar-refractivity contribution >= 4 is 11.4 Å². The minimum absolute atomic E-state index is 0.817. The molecular formula is C14H24N2O. The van der Waals surface area contributed by atoms with Gasteiger partial charge in [-0.1, -0.05) is 25.5 Å². The molecule has 1 rings (SSSR count). The summed E-state index contributed by atoms with van der Waals surface area (Å²) in [6, 6.07) is 5.97. The second-order valence-corrected chi connectivity index (χ2v) is 4.29. The van der Waals surface area contributed by atoms with Crippen molar-refractivity contribution in [1.82, 2.24) is 0 Å². The second kappa shape index (κ2) is 7.96. The smallest absolute Gasteiger partial charge is 0.0603 e. The molecule has 3 N–H and O–H groups in total. The summed E-state index contributed by atoms with van der Waals surface area (Å²) in [5.74, 6) is 0. The maximum Gasteiger partial charge on any atom is 0.0603 e. The molecule has 0 atom stereocenters. The van der Waals surface area contributed by atoms with E-state index in [-0.39, 0.29) is 0 Å². The molecule has 3 nitrogen and oxygen atoms in total. The molecule has 0 aliphatic carbocycles. The van der Waals surface area contributed by atoms with E-state index in [2.05, 4.69) is 25.2 Å². The Kier molecular flexibility index (Phi) is 6.48. The van der Waals surface area contributed by atoms with Crippen molar-refractivity contribution in [3.63, 3.8) is 0 Å². The Bertz CT molecular complexity index is 306. The fourth-order valence-corrected chi connectivity index (χ4v) is 1.67. The van der Waals surface area contributed by atoms with Gasteiger partial charge in [-0.3, -0.25) is 0 Å². The first-order chi connectivity index (χ1) is 8.25. The maximum atomic E-state index is 5.91. The number of nitrogens with two attached hydrogens (primary N) is 1. The number of unbranched alkanes of at least 4 members (excludes halogenated alkanes) is 1. The van der Waals surface area contributed by atoms with Crippen LogP contribution in [0.4, 0.5) is 11.4 Å². The van der Waals surface area contributed by atoms with E-state index in [4.69, 9.17) is 10.5 Å². The molecular weight excluding hydrogens is 212 g/mol. The van der Waals surface area contributed by atoms with E-state index in [1.165, 1.54) is 12.0 Å². The van der Waals surface area contributed by atoms with E-state index in [1.54, 1.807) is 0 Å². The van der Waals surface area contributed by atoms with Gasteiger partial charge >= 0.3 is 0 Å². The quantitative estimate of drug-likeness (QED) is 0.538. The first kappa shape index (κ1) is 13.8. The third-order valence-electron chi connectivity index (χ3n) is 2.71. The zero-order chi connectivity index (χ0) is 12.5. The monoisotopic (exact) mass is 236 g/mol. The van der Waals surface area contributed by atoms with Crippen molar-refractivity contribution in [2.24, 2.45) is 0 Å². The van der Waals surface area contributed by atoms with Crippen molar-refractivity contribution < 1.29 is 4.74 Å². The average molecular weight is 236 g/mol. The Hall–Kier alpha value is -1.22. The topological polar surface area (TPSA) is 47.3 Å². The number of nitrogens with one attached hydrogen (secondary N) is 1. The van der Waals surface area contributed by atoms with E-state index in [0.29, 0.717) is 0 Å². The van der Waals surface area contributed by atoms with Crippen LogP contribution in [0, 0.1) is 6.92 Å². The fraction of sp³-hybridized carbons (Fsp3) is 0.571. The summed E-state index contributed by atoms with van der Waals surface area (Å²) >= 11 is 0. The second-order valence-electron chi connectivity index (χ2n) is 4.29. The van der Waals surface area contributed by atoms with Crippen LogP contribution in [0.3, 0.4) is 0 Å². The lowest BCUT2D eigenvalue weighted by Crippen LogP contribution is -2.08. The maximum absolute atomic E-state index is 5.91. The Morgan fingerprint density at radius 1 is 1.24 bits per heavy atom. The van der Waals surface area contributed by atoms with Crippen molar-refractivity contribution in [2.45, 2.75) is 33.1 Å². The van der Waals surface area contributed by atoms with Crippen LogP contribution in [0.15, 0.2) is 18.2 Å². The van der Waals surface area contributed by atoms with Crippen LogP contribution in [0.5, 0.6) is 0 Å². The van der Waals surface area contributed by atoms with E-state index < -0.39 is 0 Å². The molecule has 0 heterocycles. The van der Waals surface area contributed by atoms with Gasteiger partial charge in [-0.2, -0.15) is 0 Å². The van der Waals surface area contributed by atoms with E-state index in [0.717, 1.165) is 44.0 Å². The van der Waals surface area contributed by atoms with Crippen LogP contribution >= 0.6 is 0 Å². The lowest BCUT2D eigenvalue weighted by Gasteiger charge is -2.12. The summed E-state index contributed by atoms with van der Waals surface area (Å²) in [7, 11) is 0. The Morgan fingerprint density at radius 2 is 2.00 bits per heavy atom. The van der Waals surface area contributed by atoms with Crippen LogP contribution < -0.4 is 11.1 Å². The van der Waals surface area contributed by atoms with Crippen LogP contribution in [0.2, 0.25) is 0 Å². The predicted molar refractivity (Wildman–Crippen MR) is 74.4 cm³/mol. The van der Waals surface area contributed by atoms with Gasteiger partial charge in [0.25, 0.3) is 0 Å². The fourth-order valence-electron chi connectivity index (χ4n) is 1.67. The Labute approximate surface area is 104 Å². The zero-order valence-electron chi connectivity index (χ0n) is 11.0. The van der Waals surface area contributed by atoms with Gasteiger partial charge in [0, 0.05) is 19.8 Å². The summed E-state index contributed by atoms with van der Waals surface area (Å²) in [6.45, 7) is 6.84. The summed E-state index contributed by atoms with van der Waals surface area (Å²) in [5.41, 5.74) is 8.97. The highest BCUT2D eigenvalue weighted by atomic mass is 16.5. The number of anilines is 2. The van der Waals surface area contributed by atoms with Gasteiger partial charge < -0.3 is 15.8 Å². The lowest BCUT2D eigenvalue weighted by atomic mass is 10.1. The minimum Gasteiger partial charge on any atom is -0.397 e. The Balaban J connectivity index is 2.18. The molecule has 1 aromatic rings. The molecule has 0 bridgehead atoms. The van der Waals surface area contributed by atoms with Gasteiger partial charge in [-0.05, 0) is 31.4 Å². The molecule has 0 aromatic heterocycles. The van der Waals surface area contributed by atoms with Crippen molar-refractivity contribution in [3.05, 3.63) is 23.8 Å². The molecule has 0 saturated carbocycles. The number of nitrogen functional groups attached to an aromatic ring is 1.